The van der Waals surface area contributed by atoms with Crippen LogP contribution in [-0.4, -0.2) is 65.0 Å². The van der Waals surface area contributed by atoms with Gasteiger partial charge in [0, 0.05) is 52.5 Å². The Hall–Kier alpha value is -4.99. The number of aliphatic hydroxyl groups excluding tert-OH is 1. The Morgan fingerprint density at radius 1 is 0.955 bits per heavy atom. The van der Waals surface area contributed by atoms with Gasteiger partial charge in [0.1, 0.15) is 0 Å². The summed E-state index contributed by atoms with van der Waals surface area (Å²) in [4.78, 5) is 45.2. The fraction of sp³-hybridized carbons (Fsp3) is 0.229. The summed E-state index contributed by atoms with van der Waals surface area (Å²) in [6.45, 7) is 8.06. The number of aromatic nitrogens is 1. The maximum Gasteiger partial charge on any atom is 0.256 e. The molecule has 4 aromatic rings. The lowest BCUT2D eigenvalue weighted by Gasteiger charge is -2.22. The SMILES string of the molecule is CCN(CC)CC(O)CNC(=O)c1c(C)[nH]c(C=C2C(=O)Nc3ccc(C(=O)Nc4ccccc4)cc32)c1-c1ccccc1. The molecule has 1 unspecified atom stereocenters. The Balaban J connectivity index is 1.48. The van der Waals surface area contributed by atoms with Gasteiger partial charge in [-0.15, -0.1) is 0 Å². The lowest BCUT2D eigenvalue weighted by atomic mass is 9.97. The van der Waals surface area contributed by atoms with Crippen molar-refractivity contribution in [1.82, 2.24) is 15.2 Å². The number of likely N-dealkylation sites (N-methyl/N-ethyl adjacent to an activating group) is 1. The summed E-state index contributed by atoms with van der Waals surface area (Å²) in [5.41, 5.74) is 5.73. The maximum atomic E-state index is 13.6. The standard InChI is InChI=1S/C35H37N5O4/c1-4-40(5-2)21-26(41)20-36-35(44)31-22(3)37-30(32(31)23-12-8-6-9-13-23)19-28-27-18-24(16-17-29(27)39-34(28)43)33(42)38-25-14-10-7-11-15-25/h6-19,26,37,41H,4-5,20-21H2,1-3H3,(H,36,44)(H,38,42)(H,39,43). The molecule has 9 nitrogen and oxygen atoms in total. The van der Waals surface area contributed by atoms with Crippen LogP contribution in [0.15, 0.2) is 78.9 Å². The second-order valence-corrected chi connectivity index (χ2v) is 10.7. The molecule has 1 atom stereocenters. The zero-order chi connectivity index (χ0) is 31.2. The minimum Gasteiger partial charge on any atom is -0.390 e. The number of aliphatic hydroxyl groups is 1. The number of fused-ring (bicyclic) bond motifs is 1. The second-order valence-electron chi connectivity index (χ2n) is 10.7. The Morgan fingerprint density at radius 3 is 2.32 bits per heavy atom. The minimum atomic E-state index is -0.716. The fourth-order valence-electron chi connectivity index (χ4n) is 5.43. The molecule has 3 aromatic carbocycles. The number of rotatable bonds is 11. The molecule has 1 aromatic heterocycles. The van der Waals surface area contributed by atoms with Gasteiger partial charge in [0.2, 0.25) is 0 Å². The van der Waals surface area contributed by atoms with Crippen LogP contribution in [0.2, 0.25) is 0 Å². The molecule has 3 amide bonds. The highest BCUT2D eigenvalue weighted by Crippen LogP contribution is 2.37. The first-order chi connectivity index (χ1) is 21.3. The summed E-state index contributed by atoms with van der Waals surface area (Å²) in [7, 11) is 0. The number of carbonyl (C=O) groups is 3. The van der Waals surface area contributed by atoms with Crippen molar-refractivity contribution < 1.29 is 19.5 Å². The molecule has 5 N–H and O–H groups in total. The number of benzene rings is 3. The summed E-state index contributed by atoms with van der Waals surface area (Å²) in [5, 5.41) is 19.2. The molecule has 1 aliphatic heterocycles. The van der Waals surface area contributed by atoms with Crippen LogP contribution in [0.3, 0.4) is 0 Å². The number of H-pyrrole nitrogens is 1. The van der Waals surface area contributed by atoms with E-state index >= 15 is 0 Å². The number of aromatic amines is 1. The van der Waals surface area contributed by atoms with Crippen molar-refractivity contribution in [3.63, 3.8) is 0 Å². The quantitative estimate of drug-likeness (QED) is 0.154. The van der Waals surface area contributed by atoms with Crippen molar-refractivity contribution in [3.8, 4) is 11.1 Å². The normalized spacial score (nSPS) is 13.9. The number of para-hydroxylation sites is 1. The van der Waals surface area contributed by atoms with Crippen molar-refractivity contribution in [1.29, 1.82) is 0 Å². The largest absolute Gasteiger partial charge is 0.390 e. The summed E-state index contributed by atoms with van der Waals surface area (Å²) < 4.78 is 0. The van der Waals surface area contributed by atoms with Gasteiger partial charge in [0.15, 0.2) is 0 Å². The molecule has 0 fully saturated rings. The van der Waals surface area contributed by atoms with Crippen molar-refractivity contribution in [2.75, 3.05) is 36.8 Å². The van der Waals surface area contributed by atoms with Crippen LogP contribution in [0.1, 0.15) is 51.5 Å². The lowest BCUT2D eigenvalue weighted by molar-refractivity contribution is -0.110. The molecule has 44 heavy (non-hydrogen) atoms. The third-order valence-electron chi connectivity index (χ3n) is 7.75. The lowest BCUT2D eigenvalue weighted by Crippen LogP contribution is -2.40. The minimum absolute atomic E-state index is 0.105. The van der Waals surface area contributed by atoms with Crippen LogP contribution in [0.25, 0.3) is 22.8 Å². The average molecular weight is 592 g/mol. The first kappa shape index (κ1) is 30.5. The molecular formula is C35H37N5O4. The van der Waals surface area contributed by atoms with Crippen LogP contribution in [0.5, 0.6) is 0 Å². The van der Waals surface area contributed by atoms with Crippen LogP contribution in [-0.2, 0) is 4.79 Å². The van der Waals surface area contributed by atoms with E-state index in [-0.39, 0.29) is 24.3 Å². The first-order valence-corrected chi connectivity index (χ1v) is 14.8. The maximum absolute atomic E-state index is 13.6. The van der Waals surface area contributed by atoms with Gasteiger partial charge >= 0.3 is 0 Å². The Kier molecular flexibility index (Phi) is 9.38. The van der Waals surface area contributed by atoms with E-state index in [1.165, 1.54) is 0 Å². The molecule has 5 rings (SSSR count). The van der Waals surface area contributed by atoms with E-state index < -0.39 is 6.10 Å². The van der Waals surface area contributed by atoms with Crippen molar-refractivity contribution in [2.24, 2.45) is 0 Å². The molecule has 0 saturated carbocycles. The number of anilines is 2. The highest BCUT2D eigenvalue weighted by atomic mass is 16.3. The molecule has 1 aliphatic rings. The number of nitrogens with zero attached hydrogens (tertiary/aromatic N) is 1. The van der Waals surface area contributed by atoms with Gasteiger partial charge in [0.25, 0.3) is 17.7 Å². The smallest absolute Gasteiger partial charge is 0.256 e. The monoisotopic (exact) mass is 591 g/mol. The highest BCUT2D eigenvalue weighted by molar-refractivity contribution is 6.35. The molecule has 0 saturated heterocycles. The molecule has 0 radical (unpaired) electrons. The molecule has 226 valence electrons. The van der Waals surface area contributed by atoms with Gasteiger partial charge in [-0.2, -0.15) is 0 Å². The van der Waals surface area contributed by atoms with Gasteiger partial charge < -0.3 is 30.9 Å². The Morgan fingerprint density at radius 2 is 1.64 bits per heavy atom. The number of hydrogen-bond donors (Lipinski definition) is 5. The van der Waals surface area contributed by atoms with Crippen LogP contribution in [0.4, 0.5) is 11.4 Å². The fourth-order valence-corrected chi connectivity index (χ4v) is 5.43. The van der Waals surface area contributed by atoms with E-state index in [1.54, 1.807) is 36.4 Å². The second kappa shape index (κ2) is 13.5. The molecule has 0 bridgehead atoms. The van der Waals surface area contributed by atoms with Crippen molar-refractivity contribution >= 4 is 40.7 Å². The van der Waals surface area contributed by atoms with Gasteiger partial charge in [0.05, 0.1) is 17.2 Å². The van der Waals surface area contributed by atoms with Crippen LogP contribution in [0, 0.1) is 6.92 Å². The highest BCUT2D eigenvalue weighted by Gasteiger charge is 2.28. The molecule has 2 heterocycles. The predicted octanol–water partition coefficient (Wildman–Crippen LogP) is 5.17. The number of aryl methyl sites for hydroxylation is 1. The Bertz CT molecular complexity index is 1690. The topological polar surface area (TPSA) is 127 Å². The molecule has 0 spiro atoms. The summed E-state index contributed by atoms with van der Waals surface area (Å²) >= 11 is 0. The molecule has 0 aliphatic carbocycles. The van der Waals surface area contributed by atoms with E-state index in [9.17, 15) is 19.5 Å². The summed E-state index contributed by atoms with van der Waals surface area (Å²) in [6.07, 6.45) is 1.01. The van der Waals surface area contributed by atoms with Crippen molar-refractivity contribution in [3.05, 3.63) is 107 Å². The predicted molar refractivity (Wildman–Crippen MR) is 174 cm³/mol. The third-order valence-corrected chi connectivity index (χ3v) is 7.75. The van der Waals surface area contributed by atoms with E-state index in [0.717, 1.165) is 18.7 Å². The van der Waals surface area contributed by atoms with E-state index in [2.05, 4.69) is 25.8 Å². The zero-order valence-electron chi connectivity index (χ0n) is 25.1. The summed E-state index contributed by atoms with van der Waals surface area (Å²) in [5.74, 6) is -0.921. The first-order valence-electron chi connectivity index (χ1n) is 14.8. The van der Waals surface area contributed by atoms with Crippen LogP contribution < -0.4 is 16.0 Å². The average Bonchev–Trinajstić information content (AvgIpc) is 3.54. The molecular weight excluding hydrogens is 554 g/mol. The van der Waals surface area contributed by atoms with Gasteiger partial charge in [-0.25, -0.2) is 0 Å². The van der Waals surface area contributed by atoms with E-state index in [4.69, 9.17) is 0 Å². The number of carbonyl (C=O) groups excluding carboxylic acids is 3. The van der Waals surface area contributed by atoms with Gasteiger partial charge in [-0.1, -0.05) is 62.4 Å². The van der Waals surface area contributed by atoms with Crippen LogP contribution >= 0.6 is 0 Å². The Labute approximate surface area is 257 Å². The van der Waals surface area contributed by atoms with E-state index in [1.807, 2.05) is 69.3 Å². The number of nitrogens with one attached hydrogen (secondary N) is 4. The van der Waals surface area contributed by atoms with Gasteiger partial charge in [-0.05, 0) is 62.0 Å². The number of amides is 3. The third kappa shape index (κ3) is 6.64. The summed E-state index contributed by atoms with van der Waals surface area (Å²) in [6, 6.07) is 23.7. The van der Waals surface area contributed by atoms with Crippen molar-refractivity contribution in [2.45, 2.75) is 26.9 Å². The molecule has 9 heteroatoms. The number of hydrogen-bond acceptors (Lipinski definition) is 5. The zero-order valence-corrected chi connectivity index (χ0v) is 25.1. The van der Waals surface area contributed by atoms with E-state index in [0.29, 0.717) is 57.1 Å². The van der Waals surface area contributed by atoms with Gasteiger partial charge in [-0.3, -0.25) is 14.4 Å².